The van der Waals surface area contributed by atoms with E-state index in [0.29, 0.717) is 6.54 Å². The first-order chi connectivity index (χ1) is 16.1. The minimum atomic E-state index is 0.0126. The predicted molar refractivity (Wildman–Crippen MR) is 131 cm³/mol. The van der Waals surface area contributed by atoms with Crippen molar-refractivity contribution in [3.63, 3.8) is 0 Å². The molecular weight excluding hydrogens is 416 g/mol. The van der Waals surface area contributed by atoms with E-state index in [-0.39, 0.29) is 18.0 Å². The number of rotatable bonds is 8. The number of piperazine rings is 1. The molecule has 0 aliphatic carbocycles. The maximum absolute atomic E-state index is 12.9. The SMILES string of the molecule is COc1ccc(N2CCN(CC(=O)NC(C)C(c3ccccc3)N3CCOCC3)CC2)cc1. The molecule has 33 heavy (non-hydrogen) atoms. The predicted octanol–water partition coefficient (Wildman–Crippen LogP) is 2.40. The molecular formula is C26H36N4O3. The summed E-state index contributed by atoms with van der Waals surface area (Å²) in [6, 6.07) is 18.8. The number of amides is 1. The van der Waals surface area contributed by atoms with Crippen molar-refractivity contribution in [3.05, 3.63) is 60.2 Å². The molecule has 2 aromatic carbocycles. The van der Waals surface area contributed by atoms with Crippen LogP contribution in [-0.2, 0) is 9.53 Å². The molecule has 2 aromatic rings. The Morgan fingerprint density at radius 1 is 0.970 bits per heavy atom. The minimum absolute atomic E-state index is 0.0126. The summed E-state index contributed by atoms with van der Waals surface area (Å²) in [5, 5.41) is 3.29. The summed E-state index contributed by atoms with van der Waals surface area (Å²) in [6.45, 7) is 9.37. The van der Waals surface area contributed by atoms with E-state index in [4.69, 9.17) is 9.47 Å². The average Bonchev–Trinajstić information content (AvgIpc) is 2.86. The van der Waals surface area contributed by atoms with E-state index in [0.717, 1.165) is 58.2 Å². The lowest BCUT2D eigenvalue weighted by Gasteiger charge is -2.39. The first-order valence-corrected chi connectivity index (χ1v) is 11.9. The van der Waals surface area contributed by atoms with Crippen molar-refractivity contribution in [2.75, 3.05) is 71.0 Å². The van der Waals surface area contributed by atoms with Crippen LogP contribution < -0.4 is 15.0 Å². The van der Waals surface area contributed by atoms with Gasteiger partial charge >= 0.3 is 0 Å². The number of anilines is 1. The Balaban J connectivity index is 1.30. The summed E-state index contributed by atoms with van der Waals surface area (Å²) in [7, 11) is 1.68. The van der Waals surface area contributed by atoms with Crippen molar-refractivity contribution in [1.82, 2.24) is 15.1 Å². The standard InChI is InChI=1S/C26H36N4O3/c1-21(26(22-6-4-3-5-7-22)30-16-18-33-19-17-30)27-25(31)20-28-12-14-29(15-13-28)23-8-10-24(32-2)11-9-23/h3-11,21,26H,12-20H2,1-2H3,(H,27,31). The van der Waals surface area contributed by atoms with E-state index >= 15 is 0 Å². The van der Waals surface area contributed by atoms with Crippen molar-refractivity contribution in [2.24, 2.45) is 0 Å². The number of carbonyl (C=O) groups is 1. The van der Waals surface area contributed by atoms with Gasteiger partial charge in [-0.3, -0.25) is 14.6 Å². The van der Waals surface area contributed by atoms with E-state index in [9.17, 15) is 4.79 Å². The Bertz CT molecular complexity index is 863. The molecule has 2 aliphatic heterocycles. The quantitative estimate of drug-likeness (QED) is 0.664. The zero-order chi connectivity index (χ0) is 23.0. The van der Waals surface area contributed by atoms with Crippen molar-refractivity contribution < 1.29 is 14.3 Å². The Morgan fingerprint density at radius 2 is 1.64 bits per heavy atom. The van der Waals surface area contributed by atoms with Gasteiger partial charge in [-0.25, -0.2) is 0 Å². The number of ether oxygens (including phenoxy) is 2. The molecule has 2 fully saturated rings. The normalized spacial score (nSPS) is 19.6. The van der Waals surface area contributed by atoms with Crippen LogP contribution in [-0.4, -0.2) is 87.9 Å². The van der Waals surface area contributed by atoms with Gasteiger partial charge in [0, 0.05) is 51.0 Å². The summed E-state index contributed by atoms with van der Waals surface area (Å²) in [5.74, 6) is 0.962. The third-order valence-corrected chi connectivity index (χ3v) is 6.62. The number of morpholine rings is 1. The lowest BCUT2D eigenvalue weighted by Crippen LogP contribution is -2.52. The van der Waals surface area contributed by atoms with Crippen molar-refractivity contribution in [2.45, 2.75) is 19.0 Å². The van der Waals surface area contributed by atoms with Gasteiger partial charge in [-0.05, 0) is 36.8 Å². The number of nitrogens with one attached hydrogen (secondary N) is 1. The van der Waals surface area contributed by atoms with Gasteiger partial charge in [0.15, 0.2) is 0 Å². The first-order valence-electron chi connectivity index (χ1n) is 11.9. The smallest absolute Gasteiger partial charge is 0.234 e. The van der Waals surface area contributed by atoms with Crippen molar-refractivity contribution in [1.29, 1.82) is 0 Å². The van der Waals surface area contributed by atoms with E-state index in [1.807, 2.05) is 18.2 Å². The molecule has 178 valence electrons. The molecule has 0 spiro atoms. The summed E-state index contributed by atoms with van der Waals surface area (Å²) in [5.41, 5.74) is 2.44. The third-order valence-electron chi connectivity index (χ3n) is 6.62. The van der Waals surface area contributed by atoms with Gasteiger partial charge in [0.1, 0.15) is 5.75 Å². The number of hydrogen-bond acceptors (Lipinski definition) is 6. The zero-order valence-electron chi connectivity index (χ0n) is 19.8. The number of hydrogen-bond donors (Lipinski definition) is 1. The Labute approximate surface area is 197 Å². The van der Waals surface area contributed by atoms with Gasteiger partial charge in [-0.2, -0.15) is 0 Å². The second-order valence-corrected chi connectivity index (χ2v) is 8.82. The fourth-order valence-corrected chi connectivity index (χ4v) is 4.86. The van der Waals surface area contributed by atoms with Crippen LogP contribution in [0.1, 0.15) is 18.5 Å². The molecule has 1 N–H and O–H groups in total. The number of nitrogens with zero attached hydrogens (tertiary/aromatic N) is 3. The highest BCUT2D eigenvalue weighted by Crippen LogP contribution is 2.25. The molecule has 0 radical (unpaired) electrons. The largest absolute Gasteiger partial charge is 0.497 e. The van der Waals surface area contributed by atoms with E-state index < -0.39 is 0 Å². The van der Waals surface area contributed by atoms with Crippen LogP contribution in [0.2, 0.25) is 0 Å². The molecule has 4 rings (SSSR count). The van der Waals surface area contributed by atoms with Crippen molar-refractivity contribution >= 4 is 11.6 Å². The summed E-state index contributed by atoms with van der Waals surface area (Å²) in [6.07, 6.45) is 0. The summed E-state index contributed by atoms with van der Waals surface area (Å²) < 4.78 is 10.8. The van der Waals surface area contributed by atoms with Crippen LogP contribution in [0.5, 0.6) is 5.75 Å². The van der Waals surface area contributed by atoms with Gasteiger partial charge in [0.25, 0.3) is 0 Å². The first kappa shape index (κ1) is 23.5. The van der Waals surface area contributed by atoms with Crippen LogP contribution in [0.15, 0.2) is 54.6 Å². The second kappa shape index (κ2) is 11.5. The van der Waals surface area contributed by atoms with Crippen LogP contribution in [0.3, 0.4) is 0 Å². The lowest BCUT2D eigenvalue weighted by atomic mass is 9.98. The molecule has 7 nitrogen and oxygen atoms in total. The van der Waals surface area contributed by atoms with E-state index in [1.165, 1.54) is 11.3 Å². The average molecular weight is 453 g/mol. The highest BCUT2D eigenvalue weighted by Gasteiger charge is 2.29. The zero-order valence-corrected chi connectivity index (χ0v) is 19.8. The number of benzene rings is 2. The summed E-state index contributed by atoms with van der Waals surface area (Å²) >= 11 is 0. The molecule has 0 saturated carbocycles. The van der Waals surface area contributed by atoms with Gasteiger partial charge in [0.05, 0.1) is 32.9 Å². The van der Waals surface area contributed by atoms with Crippen LogP contribution in [0.4, 0.5) is 5.69 Å². The fraction of sp³-hybridized carbons (Fsp3) is 0.500. The monoisotopic (exact) mass is 452 g/mol. The molecule has 2 atom stereocenters. The number of carbonyl (C=O) groups excluding carboxylic acids is 1. The Morgan fingerprint density at radius 3 is 2.27 bits per heavy atom. The molecule has 2 heterocycles. The number of methoxy groups -OCH3 is 1. The van der Waals surface area contributed by atoms with Gasteiger partial charge in [-0.1, -0.05) is 30.3 Å². The molecule has 2 aliphatic rings. The molecule has 7 heteroatoms. The lowest BCUT2D eigenvalue weighted by molar-refractivity contribution is -0.123. The topological polar surface area (TPSA) is 57.3 Å². The van der Waals surface area contributed by atoms with Crippen molar-refractivity contribution in [3.8, 4) is 5.75 Å². The van der Waals surface area contributed by atoms with Gasteiger partial charge < -0.3 is 19.7 Å². The Kier molecular flexibility index (Phi) is 8.20. The second-order valence-electron chi connectivity index (χ2n) is 8.82. The van der Waals surface area contributed by atoms with Crippen LogP contribution in [0.25, 0.3) is 0 Å². The van der Waals surface area contributed by atoms with E-state index in [2.05, 4.69) is 63.3 Å². The highest BCUT2D eigenvalue weighted by molar-refractivity contribution is 5.78. The third kappa shape index (κ3) is 6.25. The molecule has 2 saturated heterocycles. The fourth-order valence-electron chi connectivity index (χ4n) is 4.86. The maximum Gasteiger partial charge on any atom is 0.234 e. The highest BCUT2D eigenvalue weighted by atomic mass is 16.5. The van der Waals surface area contributed by atoms with Crippen LogP contribution >= 0.6 is 0 Å². The molecule has 2 unspecified atom stereocenters. The van der Waals surface area contributed by atoms with Gasteiger partial charge in [-0.15, -0.1) is 0 Å². The minimum Gasteiger partial charge on any atom is -0.497 e. The Hall–Kier alpha value is -2.61. The maximum atomic E-state index is 12.9. The molecule has 0 aromatic heterocycles. The summed E-state index contributed by atoms with van der Waals surface area (Å²) in [4.78, 5) is 20.0. The van der Waals surface area contributed by atoms with Gasteiger partial charge in [0.2, 0.25) is 5.91 Å². The van der Waals surface area contributed by atoms with E-state index in [1.54, 1.807) is 7.11 Å². The molecule has 0 bridgehead atoms. The van der Waals surface area contributed by atoms with Crippen LogP contribution in [0, 0.1) is 0 Å². The molecule has 1 amide bonds.